The second-order valence-electron chi connectivity index (χ2n) is 7.62. The highest BCUT2D eigenvalue weighted by molar-refractivity contribution is 5.94. The molecule has 0 spiro atoms. The molecule has 0 radical (unpaired) electrons. The van der Waals surface area contributed by atoms with Gasteiger partial charge in [-0.05, 0) is 61.8 Å². The van der Waals surface area contributed by atoms with E-state index in [0.29, 0.717) is 5.92 Å². The fourth-order valence-electron chi connectivity index (χ4n) is 4.11. The van der Waals surface area contributed by atoms with Gasteiger partial charge in [-0.3, -0.25) is 9.20 Å². The van der Waals surface area contributed by atoms with Crippen LogP contribution in [0.4, 0.5) is 0 Å². The fourth-order valence-corrected chi connectivity index (χ4v) is 4.11. The van der Waals surface area contributed by atoms with E-state index in [-0.39, 0.29) is 5.91 Å². The Morgan fingerprint density at radius 2 is 1.89 bits per heavy atom. The topological polar surface area (TPSA) is 37.6 Å². The first-order valence-corrected chi connectivity index (χ1v) is 9.96. The summed E-state index contributed by atoms with van der Waals surface area (Å²) in [7, 11) is 0. The zero-order valence-electron chi connectivity index (χ0n) is 16.2. The molecule has 1 aromatic carbocycles. The second-order valence-corrected chi connectivity index (χ2v) is 7.62. The van der Waals surface area contributed by atoms with Crippen LogP contribution in [0.2, 0.25) is 0 Å². The predicted molar refractivity (Wildman–Crippen MR) is 108 cm³/mol. The normalized spacial score (nSPS) is 15.4. The number of carbonyl (C=O) groups is 1. The molecule has 3 heterocycles. The van der Waals surface area contributed by atoms with Crippen LogP contribution in [0.15, 0.2) is 48.7 Å². The molecule has 1 aliphatic heterocycles. The van der Waals surface area contributed by atoms with Gasteiger partial charge in [-0.15, -0.1) is 0 Å². The van der Waals surface area contributed by atoms with Crippen molar-refractivity contribution in [2.45, 2.75) is 39.5 Å². The molecule has 4 rings (SSSR count). The maximum absolute atomic E-state index is 13.3. The van der Waals surface area contributed by atoms with Crippen molar-refractivity contribution in [3.63, 3.8) is 0 Å². The van der Waals surface area contributed by atoms with Crippen LogP contribution in [0.3, 0.4) is 0 Å². The molecule has 1 amide bonds. The van der Waals surface area contributed by atoms with Gasteiger partial charge in [0, 0.05) is 19.3 Å². The Morgan fingerprint density at radius 3 is 2.59 bits per heavy atom. The number of carbonyl (C=O) groups excluding carboxylic acids is 1. The van der Waals surface area contributed by atoms with Crippen LogP contribution in [0.25, 0.3) is 5.65 Å². The lowest BCUT2D eigenvalue weighted by molar-refractivity contribution is 0.0682. The summed E-state index contributed by atoms with van der Waals surface area (Å²) in [6.45, 7) is 5.79. The lowest BCUT2D eigenvalue weighted by atomic mass is 9.90. The van der Waals surface area contributed by atoms with Crippen LogP contribution in [0.1, 0.15) is 47.1 Å². The third kappa shape index (κ3) is 3.61. The molecular weight excluding hydrogens is 334 g/mol. The number of nitrogens with zero attached hydrogens (tertiary/aromatic N) is 3. The van der Waals surface area contributed by atoms with Crippen LogP contribution < -0.4 is 0 Å². The number of fused-ring (bicyclic) bond motifs is 1. The average Bonchev–Trinajstić information content (AvgIpc) is 3.06. The Kier molecular flexibility index (Phi) is 4.97. The molecule has 0 N–H and O–H groups in total. The van der Waals surface area contributed by atoms with E-state index in [1.807, 2.05) is 27.6 Å². The molecule has 2 aromatic heterocycles. The maximum Gasteiger partial charge on any atom is 0.272 e. The van der Waals surface area contributed by atoms with Gasteiger partial charge in [0.25, 0.3) is 5.91 Å². The van der Waals surface area contributed by atoms with Gasteiger partial charge in [0.15, 0.2) is 0 Å². The number of aromatic nitrogens is 2. The number of hydrogen-bond acceptors (Lipinski definition) is 2. The van der Waals surface area contributed by atoms with E-state index in [4.69, 9.17) is 4.98 Å². The fraction of sp³-hybridized carbons (Fsp3) is 0.391. The molecule has 1 aliphatic rings. The molecule has 1 saturated heterocycles. The first-order valence-electron chi connectivity index (χ1n) is 9.96. The molecule has 0 aliphatic carbocycles. The molecule has 3 aromatic rings. The van der Waals surface area contributed by atoms with Gasteiger partial charge in [-0.1, -0.05) is 37.3 Å². The Hall–Kier alpha value is -2.62. The number of amides is 1. The van der Waals surface area contributed by atoms with Crippen molar-refractivity contribution in [1.82, 2.24) is 14.3 Å². The molecule has 0 atom stereocenters. The lowest BCUT2D eigenvalue weighted by Gasteiger charge is -2.32. The van der Waals surface area contributed by atoms with Crippen LogP contribution in [0.5, 0.6) is 0 Å². The largest absolute Gasteiger partial charge is 0.337 e. The minimum Gasteiger partial charge on any atom is -0.337 e. The van der Waals surface area contributed by atoms with Crippen molar-refractivity contribution in [3.8, 4) is 0 Å². The van der Waals surface area contributed by atoms with Gasteiger partial charge in [-0.25, -0.2) is 4.98 Å². The lowest BCUT2D eigenvalue weighted by Crippen LogP contribution is -2.39. The minimum atomic E-state index is 0.126. The van der Waals surface area contributed by atoms with Crippen molar-refractivity contribution >= 4 is 11.6 Å². The molecule has 0 unspecified atom stereocenters. The molecule has 1 fully saturated rings. The molecule has 140 valence electrons. The van der Waals surface area contributed by atoms with Gasteiger partial charge in [0.2, 0.25) is 0 Å². The first-order chi connectivity index (χ1) is 13.2. The van der Waals surface area contributed by atoms with E-state index in [2.05, 4.69) is 44.2 Å². The summed E-state index contributed by atoms with van der Waals surface area (Å²) in [5.41, 5.74) is 5.07. The van der Waals surface area contributed by atoms with E-state index < -0.39 is 0 Å². The highest BCUT2D eigenvalue weighted by atomic mass is 16.2. The number of rotatable bonds is 4. The highest BCUT2D eigenvalue weighted by Gasteiger charge is 2.27. The first kappa shape index (κ1) is 17.8. The summed E-state index contributed by atoms with van der Waals surface area (Å²) in [4.78, 5) is 20.0. The van der Waals surface area contributed by atoms with Crippen LogP contribution in [-0.2, 0) is 12.8 Å². The SMILES string of the molecule is CCc1nc2cc(C)ccn2c1C(=O)N1CCC(Cc2ccccc2)CC1. The highest BCUT2D eigenvalue weighted by Crippen LogP contribution is 2.24. The number of piperidine rings is 1. The summed E-state index contributed by atoms with van der Waals surface area (Å²) in [5.74, 6) is 0.785. The van der Waals surface area contributed by atoms with Crippen LogP contribution in [-0.4, -0.2) is 33.3 Å². The van der Waals surface area contributed by atoms with Crippen molar-refractivity contribution in [3.05, 3.63) is 71.2 Å². The van der Waals surface area contributed by atoms with Crippen molar-refractivity contribution in [2.75, 3.05) is 13.1 Å². The zero-order valence-corrected chi connectivity index (χ0v) is 16.2. The third-order valence-electron chi connectivity index (χ3n) is 5.66. The Morgan fingerprint density at radius 1 is 1.15 bits per heavy atom. The molecular formula is C23H27N3O. The van der Waals surface area contributed by atoms with Crippen molar-refractivity contribution in [1.29, 1.82) is 0 Å². The quantitative estimate of drug-likeness (QED) is 0.695. The summed E-state index contributed by atoms with van der Waals surface area (Å²) < 4.78 is 1.96. The van der Waals surface area contributed by atoms with E-state index in [1.165, 1.54) is 5.56 Å². The molecule has 0 saturated carbocycles. The van der Waals surface area contributed by atoms with Gasteiger partial charge in [0.05, 0.1) is 5.69 Å². The number of imidazole rings is 1. The number of hydrogen-bond donors (Lipinski definition) is 0. The van der Waals surface area contributed by atoms with Crippen molar-refractivity contribution in [2.24, 2.45) is 5.92 Å². The monoisotopic (exact) mass is 361 g/mol. The van der Waals surface area contributed by atoms with Crippen LogP contribution in [0, 0.1) is 12.8 Å². The Labute approximate surface area is 160 Å². The van der Waals surface area contributed by atoms with Crippen LogP contribution >= 0.6 is 0 Å². The number of benzene rings is 1. The predicted octanol–water partition coefficient (Wildman–Crippen LogP) is 4.30. The van der Waals surface area contributed by atoms with Gasteiger partial charge in [0.1, 0.15) is 11.3 Å². The third-order valence-corrected chi connectivity index (χ3v) is 5.66. The van der Waals surface area contributed by atoms with Gasteiger partial charge >= 0.3 is 0 Å². The molecule has 4 heteroatoms. The number of pyridine rings is 1. The maximum atomic E-state index is 13.3. The van der Waals surface area contributed by atoms with Gasteiger partial charge in [-0.2, -0.15) is 0 Å². The molecule has 0 bridgehead atoms. The summed E-state index contributed by atoms with van der Waals surface area (Å²) in [6.07, 6.45) is 5.99. The van der Waals surface area contributed by atoms with E-state index in [1.54, 1.807) is 0 Å². The molecule has 27 heavy (non-hydrogen) atoms. The summed E-state index contributed by atoms with van der Waals surface area (Å²) >= 11 is 0. The number of aryl methyl sites for hydroxylation is 2. The van der Waals surface area contributed by atoms with Gasteiger partial charge < -0.3 is 4.90 Å². The van der Waals surface area contributed by atoms with E-state index in [9.17, 15) is 4.79 Å². The van der Waals surface area contributed by atoms with E-state index in [0.717, 1.165) is 61.4 Å². The number of likely N-dealkylation sites (tertiary alicyclic amines) is 1. The standard InChI is InChI=1S/C23H27N3O/c1-3-20-22(26-14-9-17(2)15-21(26)24-20)23(27)25-12-10-19(11-13-25)16-18-7-5-4-6-8-18/h4-9,14-15,19H,3,10-13,16H2,1-2H3. The molecule has 4 nitrogen and oxygen atoms in total. The zero-order chi connectivity index (χ0) is 18.8. The summed E-state index contributed by atoms with van der Waals surface area (Å²) in [5, 5.41) is 0. The smallest absolute Gasteiger partial charge is 0.272 e. The Bertz CT molecular complexity index is 937. The second kappa shape index (κ2) is 7.55. The minimum absolute atomic E-state index is 0.126. The van der Waals surface area contributed by atoms with Crippen molar-refractivity contribution < 1.29 is 4.79 Å². The Balaban J connectivity index is 1.49. The average molecular weight is 361 g/mol. The van der Waals surface area contributed by atoms with E-state index >= 15 is 0 Å². The summed E-state index contributed by atoms with van der Waals surface area (Å²) in [6, 6.07) is 14.8.